The van der Waals surface area contributed by atoms with E-state index in [0.717, 1.165) is 38.8 Å². The molecule has 0 aliphatic rings. The summed E-state index contributed by atoms with van der Waals surface area (Å²) >= 11 is 0. The summed E-state index contributed by atoms with van der Waals surface area (Å²) in [5, 5.41) is 8.90. The van der Waals surface area contributed by atoms with Crippen LogP contribution in [0.3, 0.4) is 0 Å². The Morgan fingerprint density at radius 3 is 2.25 bits per heavy atom. The molecule has 0 aromatic rings. The SMILES string of the molecule is CCCCN(/C=C/C=C(\C#N)C(=O)OCC)CCCC. The zero-order valence-corrected chi connectivity index (χ0v) is 12.9. The number of allylic oxidation sites excluding steroid dienone is 2. The summed E-state index contributed by atoms with van der Waals surface area (Å²) in [5.74, 6) is -0.562. The Bertz CT molecular complexity index is 359. The van der Waals surface area contributed by atoms with E-state index in [9.17, 15) is 4.79 Å². The summed E-state index contributed by atoms with van der Waals surface area (Å²) in [5.41, 5.74) is 0.0361. The third-order valence-electron chi connectivity index (χ3n) is 2.77. The molecule has 0 heterocycles. The van der Waals surface area contributed by atoms with Crippen molar-refractivity contribution in [2.45, 2.75) is 46.5 Å². The normalized spacial score (nSPS) is 11.4. The number of hydrogen-bond acceptors (Lipinski definition) is 4. The van der Waals surface area contributed by atoms with Crippen LogP contribution in [0.5, 0.6) is 0 Å². The van der Waals surface area contributed by atoms with Gasteiger partial charge in [-0.3, -0.25) is 0 Å². The lowest BCUT2D eigenvalue weighted by Crippen LogP contribution is -2.19. The molecule has 0 bridgehead atoms. The van der Waals surface area contributed by atoms with Crippen LogP contribution in [0.2, 0.25) is 0 Å². The highest BCUT2D eigenvalue weighted by molar-refractivity contribution is 5.93. The minimum absolute atomic E-state index is 0.0361. The first-order valence-electron chi connectivity index (χ1n) is 7.39. The van der Waals surface area contributed by atoms with E-state index in [1.54, 1.807) is 13.0 Å². The molecule has 0 N–H and O–H groups in total. The van der Waals surface area contributed by atoms with Gasteiger partial charge in [-0.05, 0) is 38.1 Å². The molecule has 0 aromatic carbocycles. The molecule has 0 fully saturated rings. The molecule has 0 saturated carbocycles. The van der Waals surface area contributed by atoms with Crippen molar-refractivity contribution in [1.29, 1.82) is 5.26 Å². The summed E-state index contributed by atoms with van der Waals surface area (Å²) in [6.45, 7) is 8.33. The number of ether oxygens (including phenoxy) is 1. The van der Waals surface area contributed by atoms with E-state index in [1.165, 1.54) is 6.08 Å². The van der Waals surface area contributed by atoms with Crippen LogP contribution in [0.4, 0.5) is 0 Å². The van der Waals surface area contributed by atoms with Crippen LogP contribution in [-0.2, 0) is 9.53 Å². The zero-order valence-electron chi connectivity index (χ0n) is 12.9. The topological polar surface area (TPSA) is 53.3 Å². The Balaban J connectivity index is 4.57. The average molecular weight is 278 g/mol. The second kappa shape index (κ2) is 12.3. The van der Waals surface area contributed by atoms with E-state index in [2.05, 4.69) is 18.7 Å². The lowest BCUT2D eigenvalue weighted by atomic mass is 10.2. The summed E-state index contributed by atoms with van der Waals surface area (Å²) in [6.07, 6.45) is 9.80. The standard InChI is InChI=1S/C16H26N2O2/c1-4-7-11-18(12-8-5-2)13-9-10-15(14-17)16(19)20-6-3/h9-10,13H,4-8,11-12H2,1-3H3/b13-9+,15-10+. The highest BCUT2D eigenvalue weighted by atomic mass is 16.5. The third kappa shape index (κ3) is 8.36. The molecule has 0 aromatic heterocycles. The van der Waals surface area contributed by atoms with Crippen LogP contribution in [0.25, 0.3) is 0 Å². The summed E-state index contributed by atoms with van der Waals surface area (Å²) < 4.78 is 4.81. The van der Waals surface area contributed by atoms with Crippen LogP contribution < -0.4 is 0 Å². The number of carbonyl (C=O) groups excluding carboxylic acids is 1. The number of unbranched alkanes of at least 4 members (excludes halogenated alkanes) is 2. The van der Waals surface area contributed by atoms with E-state index in [-0.39, 0.29) is 12.2 Å². The summed E-state index contributed by atoms with van der Waals surface area (Å²) in [6, 6.07) is 1.86. The van der Waals surface area contributed by atoms with Gasteiger partial charge in [0, 0.05) is 13.1 Å². The van der Waals surface area contributed by atoms with Gasteiger partial charge in [-0.1, -0.05) is 26.7 Å². The van der Waals surface area contributed by atoms with Crippen molar-refractivity contribution >= 4 is 5.97 Å². The van der Waals surface area contributed by atoms with Crippen molar-refractivity contribution in [1.82, 2.24) is 4.90 Å². The van der Waals surface area contributed by atoms with Crippen LogP contribution >= 0.6 is 0 Å². The van der Waals surface area contributed by atoms with Gasteiger partial charge in [0.05, 0.1) is 6.61 Å². The third-order valence-corrected chi connectivity index (χ3v) is 2.77. The average Bonchev–Trinajstić information content (AvgIpc) is 2.45. The lowest BCUT2D eigenvalue weighted by Gasteiger charge is -2.19. The van der Waals surface area contributed by atoms with Gasteiger partial charge in [-0.15, -0.1) is 0 Å². The Morgan fingerprint density at radius 1 is 1.20 bits per heavy atom. The maximum absolute atomic E-state index is 11.4. The predicted molar refractivity (Wildman–Crippen MR) is 80.9 cm³/mol. The largest absolute Gasteiger partial charge is 0.462 e. The molecule has 0 saturated heterocycles. The van der Waals surface area contributed by atoms with Gasteiger partial charge in [0.1, 0.15) is 11.6 Å². The number of rotatable bonds is 10. The fraction of sp³-hybridized carbons (Fsp3) is 0.625. The minimum atomic E-state index is -0.562. The van der Waals surface area contributed by atoms with Crippen molar-refractivity contribution in [2.75, 3.05) is 19.7 Å². The number of carbonyl (C=O) groups is 1. The molecule has 0 spiro atoms. The predicted octanol–water partition coefficient (Wildman–Crippen LogP) is 3.42. The van der Waals surface area contributed by atoms with Gasteiger partial charge < -0.3 is 9.64 Å². The highest BCUT2D eigenvalue weighted by Crippen LogP contribution is 2.02. The quantitative estimate of drug-likeness (QED) is 0.266. The smallest absolute Gasteiger partial charge is 0.348 e. The van der Waals surface area contributed by atoms with Crippen molar-refractivity contribution < 1.29 is 9.53 Å². The molecule has 0 aliphatic heterocycles. The fourth-order valence-corrected chi connectivity index (χ4v) is 1.60. The van der Waals surface area contributed by atoms with E-state index in [0.29, 0.717) is 0 Å². The fourth-order valence-electron chi connectivity index (χ4n) is 1.60. The zero-order chi connectivity index (χ0) is 15.2. The first-order valence-corrected chi connectivity index (χ1v) is 7.39. The van der Waals surface area contributed by atoms with Crippen molar-refractivity contribution in [2.24, 2.45) is 0 Å². The van der Waals surface area contributed by atoms with Crippen molar-refractivity contribution in [3.8, 4) is 6.07 Å². The van der Waals surface area contributed by atoms with E-state index in [4.69, 9.17) is 10.00 Å². The van der Waals surface area contributed by atoms with Crippen molar-refractivity contribution in [3.05, 3.63) is 23.9 Å². The Labute approximate surface area is 122 Å². The lowest BCUT2D eigenvalue weighted by molar-refractivity contribution is -0.138. The molecule has 0 aliphatic carbocycles. The molecule has 0 radical (unpaired) electrons. The first-order chi connectivity index (χ1) is 9.69. The number of hydrogen-bond donors (Lipinski definition) is 0. The molecule has 0 unspecified atom stereocenters. The molecule has 112 valence electrons. The molecule has 0 amide bonds. The Hall–Kier alpha value is -1.76. The molecular formula is C16H26N2O2. The second-order valence-corrected chi connectivity index (χ2v) is 4.50. The minimum Gasteiger partial charge on any atom is -0.462 e. The van der Waals surface area contributed by atoms with Crippen LogP contribution in [-0.4, -0.2) is 30.6 Å². The Morgan fingerprint density at radius 2 is 1.80 bits per heavy atom. The van der Waals surface area contributed by atoms with Crippen LogP contribution in [0, 0.1) is 11.3 Å². The van der Waals surface area contributed by atoms with E-state index >= 15 is 0 Å². The number of esters is 1. The Kier molecular flexibility index (Phi) is 11.2. The maximum Gasteiger partial charge on any atom is 0.348 e. The first kappa shape index (κ1) is 18.2. The summed E-state index contributed by atoms with van der Waals surface area (Å²) in [4.78, 5) is 13.7. The van der Waals surface area contributed by atoms with Gasteiger partial charge in [0.2, 0.25) is 0 Å². The van der Waals surface area contributed by atoms with Gasteiger partial charge in [-0.25, -0.2) is 4.79 Å². The molecular weight excluding hydrogens is 252 g/mol. The van der Waals surface area contributed by atoms with Crippen molar-refractivity contribution in [3.63, 3.8) is 0 Å². The van der Waals surface area contributed by atoms with E-state index < -0.39 is 5.97 Å². The summed E-state index contributed by atoms with van der Waals surface area (Å²) in [7, 11) is 0. The molecule has 4 heteroatoms. The molecule has 4 nitrogen and oxygen atoms in total. The number of nitriles is 1. The molecule has 20 heavy (non-hydrogen) atoms. The molecule has 0 rings (SSSR count). The van der Waals surface area contributed by atoms with E-state index in [1.807, 2.05) is 12.3 Å². The van der Waals surface area contributed by atoms with Gasteiger partial charge in [0.15, 0.2) is 0 Å². The van der Waals surface area contributed by atoms with Crippen LogP contribution in [0.15, 0.2) is 23.9 Å². The van der Waals surface area contributed by atoms with Crippen LogP contribution in [0.1, 0.15) is 46.5 Å². The number of nitrogens with zero attached hydrogens (tertiary/aromatic N) is 2. The van der Waals surface area contributed by atoms with Gasteiger partial charge >= 0.3 is 5.97 Å². The monoisotopic (exact) mass is 278 g/mol. The highest BCUT2D eigenvalue weighted by Gasteiger charge is 2.07. The molecule has 0 atom stereocenters. The second-order valence-electron chi connectivity index (χ2n) is 4.50. The van der Waals surface area contributed by atoms with Gasteiger partial charge in [0.25, 0.3) is 0 Å². The maximum atomic E-state index is 11.4. The van der Waals surface area contributed by atoms with Gasteiger partial charge in [-0.2, -0.15) is 5.26 Å².